The number of benzene rings is 2. The number of cyclic esters (lactones) is 1. The second kappa shape index (κ2) is 7.66. The summed E-state index contributed by atoms with van der Waals surface area (Å²) in [5.74, 6) is 1.28. The van der Waals surface area contributed by atoms with E-state index in [1.807, 2.05) is 36.4 Å². The van der Waals surface area contributed by atoms with Gasteiger partial charge in [0.2, 0.25) is 0 Å². The third-order valence-corrected chi connectivity index (χ3v) is 3.87. The summed E-state index contributed by atoms with van der Waals surface area (Å²) < 4.78 is 15.8. The van der Waals surface area contributed by atoms with Crippen molar-refractivity contribution >= 4 is 17.9 Å². The lowest BCUT2D eigenvalue weighted by molar-refractivity contribution is -0.130. The molecule has 1 aliphatic rings. The van der Waals surface area contributed by atoms with Gasteiger partial charge < -0.3 is 14.2 Å². The van der Waals surface area contributed by atoms with Gasteiger partial charge in [-0.1, -0.05) is 30.3 Å². The first-order chi connectivity index (χ1) is 12.2. The lowest BCUT2D eigenvalue weighted by Gasteiger charge is -2.07. The van der Waals surface area contributed by atoms with Crippen molar-refractivity contribution in [1.82, 2.24) is 0 Å². The molecule has 0 saturated carbocycles. The smallest absolute Gasteiger partial charge is 0.363 e. The molecule has 0 spiro atoms. The number of carbonyl (C=O) groups excluding carboxylic acids is 1. The van der Waals surface area contributed by atoms with Crippen LogP contribution in [-0.2, 0) is 16.0 Å². The zero-order valence-electron chi connectivity index (χ0n) is 14.2. The fourth-order valence-corrected chi connectivity index (χ4v) is 2.54. The van der Waals surface area contributed by atoms with Gasteiger partial charge in [0.15, 0.2) is 11.6 Å². The molecule has 0 radical (unpaired) electrons. The number of hydrogen-bond donors (Lipinski definition) is 0. The zero-order valence-corrected chi connectivity index (χ0v) is 14.2. The van der Waals surface area contributed by atoms with Crippen LogP contribution in [0.4, 0.5) is 0 Å². The van der Waals surface area contributed by atoms with E-state index in [1.165, 1.54) is 5.56 Å². The molecule has 0 amide bonds. The van der Waals surface area contributed by atoms with Crippen molar-refractivity contribution in [2.45, 2.75) is 12.8 Å². The molecule has 5 heteroatoms. The molecule has 0 N–H and O–H groups in total. The lowest BCUT2D eigenvalue weighted by atomic mass is 10.1. The van der Waals surface area contributed by atoms with E-state index in [4.69, 9.17) is 14.2 Å². The lowest BCUT2D eigenvalue weighted by Crippen LogP contribution is -2.05. The Balaban J connectivity index is 1.76. The first-order valence-corrected chi connectivity index (χ1v) is 7.97. The van der Waals surface area contributed by atoms with Crippen molar-refractivity contribution in [1.29, 1.82) is 0 Å². The summed E-state index contributed by atoms with van der Waals surface area (Å²) >= 11 is 0. The summed E-state index contributed by atoms with van der Waals surface area (Å²) in [4.78, 5) is 16.4. The topological polar surface area (TPSA) is 57.1 Å². The van der Waals surface area contributed by atoms with Crippen LogP contribution < -0.4 is 9.47 Å². The molecule has 0 atom stereocenters. The van der Waals surface area contributed by atoms with Crippen molar-refractivity contribution in [3.63, 3.8) is 0 Å². The second-order valence-electron chi connectivity index (χ2n) is 5.52. The summed E-state index contributed by atoms with van der Waals surface area (Å²) in [5, 5.41) is 0. The van der Waals surface area contributed by atoms with Gasteiger partial charge >= 0.3 is 5.97 Å². The molecule has 1 aliphatic heterocycles. The number of methoxy groups -OCH3 is 2. The number of aliphatic imine (C=N–C) groups is 1. The predicted molar refractivity (Wildman–Crippen MR) is 95.8 cm³/mol. The molecule has 5 nitrogen and oxygen atoms in total. The highest BCUT2D eigenvalue weighted by molar-refractivity contribution is 6.07. The van der Waals surface area contributed by atoms with Crippen LogP contribution in [0.15, 0.2) is 59.2 Å². The quantitative estimate of drug-likeness (QED) is 0.596. The molecular weight excluding hydrogens is 318 g/mol. The molecule has 1 heterocycles. The van der Waals surface area contributed by atoms with Gasteiger partial charge in [0.25, 0.3) is 0 Å². The van der Waals surface area contributed by atoms with Gasteiger partial charge in [-0.3, -0.25) is 0 Å². The van der Waals surface area contributed by atoms with Gasteiger partial charge in [0.05, 0.1) is 14.2 Å². The highest BCUT2D eigenvalue weighted by Crippen LogP contribution is 2.28. The Morgan fingerprint density at radius 2 is 1.84 bits per heavy atom. The Kier molecular flexibility index (Phi) is 5.14. The van der Waals surface area contributed by atoms with Gasteiger partial charge in [-0.05, 0) is 30.2 Å². The average molecular weight is 337 g/mol. The monoisotopic (exact) mass is 337 g/mol. The Hall–Kier alpha value is -3.08. The van der Waals surface area contributed by atoms with Crippen LogP contribution in [0.5, 0.6) is 11.5 Å². The number of carbonyl (C=O) groups is 1. The molecule has 3 rings (SSSR count). The van der Waals surface area contributed by atoms with Crippen LogP contribution in [0.1, 0.15) is 17.5 Å². The first kappa shape index (κ1) is 16.8. The third-order valence-electron chi connectivity index (χ3n) is 3.87. The van der Waals surface area contributed by atoms with Gasteiger partial charge in [-0.2, -0.15) is 0 Å². The molecule has 0 bridgehead atoms. The molecule has 0 fully saturated rings. The van der Waals surface area contributed by atoms with E-state index >= 15 is 0 Å². The van der Waals surface area contributed by atoms with E-state index in [1.54, 1.807) is 32.4 Å². The van der Waals surface area contributed by atoms with Crippen molar-refractivity contribution in [2.24, 2.45) is 4.99 Å². The maximum atomic E-state index is 12.1. The molecule has 0 aromatic heterocycles. The van der Waals surface area contributed by atoms with Crippen LogP contribution in [0.2, 0.25) is 0 Å². The van der Waals surface area contributed by atoms with E-state index in [0.29, 0.717) is 23.8 Å². The Morgan fingerprint density at radius 3 is 2.56 bits per heavy atom. The Labute approximate surface area is 146 Å². The number of ether oxygens (including phenoxy) is 3. The van der Waals surface area contributed by atoms with Crippen molar-refractivity contribution in [3.8, 4) is 11.5 Å². The van der Waals surface area contributed by atoms with E-state index < -0.39 is 5.97 Å². The molecule has 0 unspecified atom stereocenters. The summed E-state index contributed by atoms with van der Waals surface area (Å²) in [6.07, 6.45) is 3.01. The standard InChI is InChI=1S/C20H19NO4/c1-23-16-10-9-15(18(13-16)24-2)12-17-20(22)25-19(21-17)11-8-14-6-4-3-5-7-14/h3-7,9-10,12-13H,8,11H2,1-2H3/b17-12+. The summed E-state index contributed by atoms with van der Waals surface area (Å²) in [6.45, 7) is 0. The maximum absolute atomic E-state index is 12.1. The first-order valence-electron chi connectivity index (χ1n) is 7.97. The molecule has 0 saturated heterocycles. The summed E-state index contributed by atoms with van der Waals surface area (Å²) in [7, 11) is 3.16. The van der Waals surface area contributed by atoms with Crippen molar-refractivity contribution in [3.05, 3.63) is 65.4 Å². The Morgan fingerprint density at radius 1 is 1.04 bits per heavy atom. The summed E-state index contributed by atoms with van der Waals surface area (Å²) in [6, 6.07) is 15.4. The fraction of sp³-hybridized carbons (Fsp3) is 0.200. The average Bonchev–Trinajstić information content (AvgIpc) is 3.00. The van der Waals surface area contributed by atoms with Crippen LogP contribution in [0.25, 0.3) is 6.08 Å². The van der Waals surface area contributed by atoms with E-state index in [0.717, 1.165) is 12.0 Å². The minimum atomic E-state index is -0.444. The normalized spacial score (nSPS) is 15.0. The molecule has 0 aliphatic carbocycles. The van der Waals surface area contributed by atoms with E-state index in [2.05, 4.69) is 4.99 Å². The van der Waals surface area contributed by atoms with Gasteiger partial charge in [0.1, 0.15) is 11.5 Å². The molecular formula is C20H19NO4. The van der Waals surface area contributed by atoms with Gasteiger partial charge in [0, 0.05) is 18.1 Å². The molecule has 2 aromatic rings. The van der Waals surface area contributed by atoms with Crippen molar-refractivity contribution in [2.75, 3.05) is 14.2 Å². The Bertz CT molecular complexity index is 825. The third kappa shape index (κ3) is 4.07. The van der Waals surface area contributed by atoms with Gasteiger partial charge in [-0.15, -0.1) is 0 Å². The largest absolute Gasteiger partial charge is 0.497 e. The fourth-order valence-electron chi connectivity index (χ4n) is 2.54. The maximum Gasteiger partial charge on any atom is 0.363 e. The highest BCUT2D eigenvalue weighted by atomic mass is 16.6. The SMILES string of the molecule is COc1ccc(/C=C2/N=C(CCc3ccccc3)OC2=O)c(OC)c1. The number of aryl methyl sites for hydroxylation is 1. The number of hydrogen-bond acceptors (Lipinski definition) is 5. The molecule has 25 heavy (non-hydrogen) atoms. The molecule has 128 valence electrons. The van der Waals surface area contributed by atoms with Crippen LogP contribution >= 0.6 is 0 Å². The number of nitrogens with zero attached hydrogens (tertiary/aromatic N) is 1. The number of rotatable bonds is 6. The molecule has 2 aromatic carbocycles. The number of esters is 1. The van der Waals surface area contributed by atoms with E-state index in [-0.39, 0.29) is 5.70 Å². The minimum absolute atomic E-state index is 0.270. The predicted octanol–water partition coefficient (Wildman–Crippen LogP) is 3.63. The van der Waals surface area contributed by atoms with Crippen molar-refractivity contribution < 1.29 is 19.0 Å². The minimum Gasteiger partial charge on any atom is -0.497 e. The van der Waals surface area contributed by atoms with Gasteiger partial charge in [-0.25, -0.2) is 9.79 Å². The highest BCUT2D eigenvalue weighted by Gasteiger charge is 2.23. The zero-order chi connectivity index (χ0) is 17.6. The van der Waals surface area contributed by atoms with E-state index in [9.17, 15) is 4.79 Å². The second-order valence-corrected chi connectivity index (χ2v) is 5.52. The van der Waals surface area contributed by atoms with Crippen LogP contribution in [0.3, 0.4) is 0 Å². The summed E-state index contributed by atoms with van der Waals surface area (Å²) in [5.41, 5.74) is 2.19. The van der Waals surface area contributed by atoms with Crippen LogP contribution in [-0.4, -0.2) is 26.1 Å². The van der Waals surface area contributed by atoms with Crippen LogP contribution in [0, 0.1) is 0 Å².